The van der Waals surface area contributed by atoms with E-state index in [4.69, 9.17) is 0 Å². The predicted octanol–water partition coefficient (Wildman–Crippen LogP) is 4.26. The minimum atomic E-state index is -3.33. The zero-order valence-electron chi connectivity index (χ0n) is 17.1. The van der Waals surface area contributed by atoms with Crippen LogP contribution >= 0.6 is 0 Å². The fraction of sp³-hybridized carbons (Fsp3) is 0.478. The van der Waals surface area contributed by atoms with Crippen molar-refractivity contribution in [3.05, 3.63) is 54.1 Å². The second-order valence-corrected chi connectivity index (χ2v) is 10.6. The van der Waals surface area contributed by atoms with Gasteiger partial charge in [-0.05, 0) is 61.3 Å². The summed E-state index contributed by atoms with van der Waals surface area (Å²) >= 11 is 0. The quantitative estimate of drug-likeness (QED) is 0.641. The van der Waals surface area contributed by atoms with Crippen LogP contribution in [0.3, 0.4) is 0 Å². The third kappa shape index (κ3) is 3.76. The van der Waals surface area contributed by atoms with Crippen LogP contribution in [0.4, 0.5) is 0 Å². The van der Waals surface area contributed by atoms with Gasteiger partial charge in [0, 0.05) is 30.4 Å². The van der Waals surface area contributed by atoms with Gasteiger partial charge in [-0.3, -0.25) is 0 Å². The van der Waals surface area contributed by atoms with Crippen LogP contribution in [0.1, 0.15) is 55.7 Å². The first-order valence-corrected chi connectivity index (χ1v) is 12.4. The van der Waals surface area contributed by atoms with Crippen LogP contribution in [0.25, 0.3) is 11.0 Å². The van der Waals surface area contributed by atoms with Gasteiger partial charge in [0.2, 0.25) is 10.0 Å². The van der Waals surface area contributed by atoms with Crippen molar-refractivity contribution in [2.45, 2.75) is 55.8 Å². The second kappa shape index (κ2) is 8.12. The molecule has 1 aliphatic carbocycles. The molecule has 0 spiro atoms. The van der Waals surface area contributed by atoms with Gasteiger partial charge in [0.05, 0.1) is 4.90 Å². The zero-order chi connectivity index (χ0) is 20.6. The molecule has 5 rings (SSSR count). The molecular formula is C23H28N4O2S. The molecule has 2 aliphatic rings. The first-order chi connectivity index (χ1) is 14.6. The van der Waals surface area contributed by atoms with Gasteiger partial charge in [-0.2, -0.15) is 4.31 Å². The van der Waals surface area contributed by atoms with Crippen molar-refractivity contribution < 1.29 is 8.42 Å². The Morgan fingerprint density at radius 1 is 1.07 bits per heavy atom. The summed E-state index contributed by atoms with van der Waals surface area (Å²) in [5.74, 6) is 0.987. The van der Waals surface area contributed by atoms with Gasteiger partial charge in [-0.25, -0.2) is 18.4 Å². The molecule has 158 valence electrons. The molecule has 1 N–H and O–H groups in total. The van der Waals surface area contributed by atoms with Gasteiger partial charge in [0.1, 0.15) is 12.0 Å². The standard InChI is InChI=1S/C23H28N4O2S/c28-30(29,27-11-4-12-27)21-9-7-18(8-10-21)22(17-5-2-1-3-6-17)14-20-13-19-15-24-16-25-23(19)26-20/h7-10,13,15-17,22H,1-6,11-12,14H2,(H,24,25,26). The Labute approximate surface area is 177 Å². The van der Waals surface area contributed by atoms with E-state index in [1.54, 1.807) is 22.8 Å². The van der Waals surface area contributed by atoms with Gasteiger partial charge in [-0.1, -0.05) is 31.4 Å². The molecule has 1 atom stereocenters. The van der Waals surface area contributed by atoms with Crippen LogP contribution in [-0.2, 0) is 16.4 Å². The van der Waals surface area contributed by atoms with E-state index >= 15 is 0 Å². The predicted molar refractivity (Wildman–Crippen MR) is 117 cm³/mol. The number of nitrogens with zero attached hydrogens (tertiary/aromatic N) is 3. The molecule has 2 aromatic heterocycles. The zero-order valence-corrected chi connectivity index (χ0v) is 17.9. The van der Waals surface area contributed by atoms with Crippen molar-refractivity contribution in [2.24, 2.45) is 5.92 Å². The number of hydrogen-bond donors (Lipinski definition) is 1. The van der Waals surface area contributed by atoms with E-state index in [1.807, 2.05) is 18.3 Å². The summed E-state index contributed by atoms with van der Waals surface area (Å²) in [5, 5.41) is 1.03. The Morgan fingerprint density at radius 2 is 1.83 bits per heavy atom. The van der Waals surface area contributed by atoms with Crippen LogP contribution in [0.5, 0.6) is 0 Å². The van der Waals surface area contributed by atoms with Gasteiger partial charge in [-0.15, -0.1) is 0 Å². The molecule has 3 aromatic rings. The van der Waals surface area contributed by atoms with E-state index in [0.717, 1.165) is 23.9 Å². The van der Waals surface area contributed by atoms with Crippen LogP contribution in [-0.4, -0.2) is 40.8 Å². The lowest BCUT2D eigenvalue weighted by Crippen LogP contribution is -2.41. The summed E-state index contributed by atoms with van der Waals surface area (Å²) in [6.45, 7) is 1.27. The highest BCUT2D eigenvalue weighted by molar-refractivity contribution is 7.89. The van der Waals surface area contributed by atoms with Crippen LogP contribution in [0.15, 0.2) is 47.8 Å². The second-order valence-electron chi connectivity index (χ2n) is 8.66. The van der Waals surface area contributed by atoms with Gasteiger partial charge in [0.25, 0.3) is 0 Å². The summed E-state index contributed by atoms with van der Waals surface area (Å²) in [7, 11) is -3.33. The number of aromatic nitrogens is 3. The molecule has 1 aliphatic heterocycles. The average Bonchev–Trinajstić information content (AvgIpc) is 3.14. The van der Waals surface area contributed by atoms with Crippen molar-refractivity contribution in [3.8, 4) is 0 Å². The molecule has 30 heavy (non-hydrogen) atoms. The first kappa shape index (κ1) is 19.7. The number of nitrogens with one attached hydrogen (secondary N) is 1. The number of fused-ring (bicyclic) bond motifs is 1. The van der Waals surface area contributed by atoms with Crippen molar-refractivity contribution in [1.29, 1.82) is 0 Å². The van der Waals surface area contributed by atoms with Crippen molar-refractivity contribution >= 4 is 21.1 Å². The molecule has 6 nitrogen and oxygen atoms in total. The average molecular weight is 425 g/mol. The summed E-state index contributed by atoms with van der Waals surface area (Å²) < 4.78 is 27.0. The number of rotatable bonds is 6. The minimum absolute atomic E-state index is 0.368. The first-order valence-electron chi connectivity index (χ1n) is 11.0. The van der Waals surface area contributed by atoms with Gasteiger partial charge >= 0.3 is 0 Å². The fourth-order valence-electron chi connectivity index (χ4n) is 4.93. The van der Waals surface area contributed by atoms with E-state index < -0.39 is 10.0 Å². The third-order valence-electron chi connectivity index (χ3n) is 6.77. The SMILES string of the molecule is O=S(=O)(c1ccc(C(Cc2cc3cncnc3[nH]2)C2CCCCC2)cc1)N1CCC1. The highest BCUT2D eigenvalue weighted by Gasteiger charge is 2.30. The van der Waals surface area contributed by atoms with E-state index in [2.05, 4.69) is 21.0 Å². The maximum atomic E-state index is 12.7. The Balaban J connectivity index is 1.43. The van der Waals surface area contributed by atoms with Crippen LogP contribution in [0, 0.1) is 5.92 Å². The molecule has 0 radical (unpaired) electrons. The lowest BCUT2D eigenvalue weighted by molar-refractivity contribution is 0.301. The van der Waals surface area contributed by atoms with Gasteiger partial charge < -0.3 is 4.98 Å². The summed E-state index contributed by atoms with van der Waals surface area (Å²) in [5.41, 5.74) is 3.27. The van der Waals surface area contributed by atoms with E-state index in [1.165, 1.54) is 43.4 Å². The molecule has 3 heterocycles. The normalized spacial score (nSPS) is 19.6. The Kier molecular flexibility index (Phi) is 5.33. The van der Waals surface area contributed by atoms with Crippen LogP contribution < -0.4 is 0 Å². The smallest absolute Gasteiger partial charge is 0.243 e. The summed E-state index contributed by atoms with van der Waals surface area (Å²) in [6, 6.07) is 9.82. The largest absolute Gasteiger partial charge is 0.343 e. The number of H-pyrrole nitrogens is 1. The molecule has 0 bridgehead atoms. The van der Waals surface area contributed by atoms with Crippen molar-refractivity contribution in [1.82, 2.24) is 19.3 Å². The highest BCUT2D eigenvalue weighted by Crippen LogP contribution is 2.39. The Hall–Kier alpha value is -2.25. The van der Waals surface area contributed by atoms with Crippen molar-refractivity contribution in [3.63, 3.8) is 0 Å². The summed E-state index contributed by atoms with van der Waals surface area (Å²) in [4.78, 5) is 12.3. The van der Waals surface area contributed by atoms with Gasteiger partial charge in [0.15, 0.2) is 0 Å². The van der Waals surface area contributed by atoms with E-state index in [-0.39, 0.29) is 0 Å². The number of sulfonamides is 1. The maximum absolute atomic E-state index is 12.7. The number of hydrogen-bond acceptors (Lipinski definition) is 4. The van der Waals surface area contributed by atoms with Crippen molar-refractivity contribution in [2.75, 3.05) is 13.1 Å². The number of benzene rings is 1. The highest BCUT2D eigenvalue weighted by atomic mass is 32.2. The van der Waals surface area contributed by atoms with E-state index in [9.17, 15) is 8.42 Å². The Morgan fingerprint density at radius 3 is 2.50 bits per heavy atom. The Bertz CT molecular complexity index is 1080. The molecule has 1 saturated heterocycles. The molecule has 0 amide bonds. The monoisotopic (exact) mass is 424 g/mol. The van der Waals surface area contributed by atoms with Crippen LogP contribution in [0.2, 0.25) is 0 Å². The minimum Gasteiger partial charge on any atom is -0.343 e. The fourth-order valence-corrected chi connectivity index (χ4v) is 6.45. The molecule has 1 saturated carbocycles. The maximum Gasteiger partial charge on any atom is 0.243 e. The topological polar surface area (TPSA) is 79.0 Å². The summed E-state index contributed by atoms with van der Waals surface area (Å²) in [6.07, 6.45) is 11.6. The molecule has 1 aromatic carbocycles. The lowest BCUT2D eigenvalue weighted by atomic mass is 9.75. The molecule has 7 heteroatoms. The molecular weight excluding hydrogens is 396 g/mol. The molecule has 2 fully saturated rings. The number of aromatic amines is 1. The molecule has 1 unspecified atom stereocenters. The third-order valence-corrected chi connectivity index (χ3v) is 8.68. The lowest BCUT2D eigenvalue weighted by Gasteiger charge is -2.31. The van der Waals surface area contributed by atoms with E-state index in [0.29, 0.717) is 29.8 Å².